The van der Waals surface area contributed by atoms with Gasteiger partial charge in [0.05, 0.1) is 0 Å². The van der Waals surface area contributed by atoms with Gasteiger partial charge in [-0.05, 0) is 60.4 Å². The van der Waals surface area contributed by atoms with Gasteiger partial charge >= 0.3 is 0 Å². The molecule has 0 spiro atoms. The number of carbonyl (C=O) groups is 9. The molecule has 0 fully saturated rings. The summed E-state index contributed by atoms with van der Waals surface area (Å²) in [6.07, 6.45) is 0.918. The molecule has 0 aromatic heterocycles. The van der Waals surface area contributed by atoms with E-state index >= 15 is 0 Å². The van der Waals surface area contributed by atoms with E-state index in [4.69, 9.17) is 0 Å². The van der Waals surface area contributed by atoms with Crippen molar-refractivity contribution in [2.24, 2.45) is 5.92 Å². The molecule has 0 aliphatic heterocycles. The van der Waals surface area contributed by atoms with Gasteiger partial charge < -0.3 is 31.4 Å². The highest BCUT2D eigenvalue weighted by Crippen LogP contribution is 2.10. The van der Waals surface area contributed by atoms with Crippen molar-refractivity contribution in [3.05, 3.63) is 0 Å². The van der Waals surface area contributed by atoms with Crippen LogP contribution < -0.4 is 26.6 Å². The van der Waals surface area contributed by atoms with E-state index in [2.05, 4.69) is 26.6 Å². The SMILES string of the molecule is CNC(CC(C)=O)CC(=O)NC(CC(C)=O)CC(=O)NC(CCCNC(=O)CC(CC(C)=O)NC(=O)CC(C)CC(C)=O)CC(C)=O. The van der Waals surface area contributed by atoms with Crippen LogP contribution >= 0.6 is 0 Å². The Morgan fingerprint density at radius 1 is 0.447 bits per heavy atom. The first kappa shape index (κ1) is 43.2. The van der Waals surface area contributed by atoms with Gasteiger partial charge in [-0.2, -0.15) is 0 Å². The Kier molecular flexibility index (Phi) is 21.6. The molecule has 0 saturated heterocycles. The minimum atomic E-state index is -0.770. The summed E-state index contributed by atoms with van der Waals surface area (Å²) in [7, 11) is 1.63. The molecular formula is C33H55N5O9. The summed E-state index contributed by atoms with van der Waals surface area (Å²) in [5.41, 5.74) is 0. The van der Waals surface area contributed by atoms with Crippen molar-refractivity contribution in [1.82, 2.24) is 26.6 Å². The predicted molar refractivity (Wildman–Crippen MR) is 175 cm³/mol. The average molecular weight is 666 g/mol. The second-order valence-electron chi connectivity index (χ2n) is 12.7. The van der Waals surface area contributed by atoms with E-state index in [1.165, 1.54) is 34.6 Å². The first-order valence-corrected chi connectivity index (χ1v) is 16.2. The minimum absolute atomic E-state index is 0.00696. The smallest absolute Gasteiger partial charge is 0.222 e. The normalized spacial score (nSPS) is 14.0. The van der Waals surface area contributed by atoms with Crippen molar-refractivity contribution >= 4 is 52.5 Å². The molecule has 0 aliphatic rings. The molecule has 266 valence electrons. The molecule has 47 heavy (non-hydrogen) atoms. The Morgan fingerprint density at radius 2 is 0.809 bits per heavy atom. The topological polar surface area (TPSA) is 214 Å². The van der Waals surface area contributed by atoms with Crippen LogP contribution in [0.2, 0.25) is 0 Å². The molecule has 0 radical (unpaired) electrons. The summed E-state index contributed by atoms with van der Waals surface area (Å²) in [4.78, 5) is 109. The number of ketones is 5. The highest BCUT2D eigenvalue weighted by atomic mass is 16.2. The number of nitrogens with one attached hydrogen (secondary N) is 5. The second kappa shape index (κ2) is 23.5. The predicted octanol–water partition coefficient (Wildman–Crippen LogP) is 1.02. The summed E-state index contributed by atoms with van der Waals surface area (Å²) in [5, 5.41) is 13.9. The number of hydrogen-bond donors (Lipinski definition) is 5. The van der Waals surface area contributed by atoms with E-state index in [0.29, 0.717) is 12.8 Å². The largest absolute Gasteiger partial charge is 0.356 e. The van der Waals surface area contributed by atoms with Gasteiger partial charge in [-0.25, -0.2) is 0 Å². The summed E-state index contributed by atoms with van der Waals surface area (Å²) < 4.78 is 0. The van der Waals surface area contributed by atoms with Gasteiger partial charge in [0.2, 0.25) is 23.6 Å². The molecule has 0 bridgehead atoms. The number of rotatable bonds is 26. The van der Waals surface area contributed by atoms with Gasteiger partial charge in [-0.15, -0.1) is 0 Å². The maximum Gasteiger partial charge on any atom is 0.222 e. The minimum Gasteiger partial charge on any atom is -0.356 e. The fourth-order valence-electron chi connectivity index (χ4n) is 5.30. The van der Waals surface area contributed by atoms with Crippen LogP contribution in [0.1, 0.15) is 112 Å². The fourth-order valence-corrected chi connectivity index (χ4v) is 5.30. The van der Waals surface area contributed by atoms with E-state index in [1.807, 2.05) is 0 Å². The number of amides is 4. The van der Waals surface area contributed by atoms with Gasteiger partial charge in [-0.1, -0.05) is 6.92 Å². The van der Waals surface area contributed by atoms with Crippen molar-refractivity contribution in [1.29, 1.82) is 0 Å². The third-order valence-electron chi connectivity index (χ3n) is 7.16. The molecule has 0 heterocycles. The molecule has 5 atom stereocenters. The fraction of sp³-hybridized carbons (Fsp3) is 0.727. The zero-order chi connectivity index (χ0) is 36.1. The maximum atomic E-state index is 12.9. The maximum absolute atomic E-state index is 12.9. The van der Waals surface area contributed by atoms with E-state index in [0.717, 1.165) is 0 Å². The second-order valence-corrected chi connectivity index (χ2v) is 12.7. The van der Waals surface area contributed by atoms with E-state index < -0.39 is 29.9 Å². The van der Waals surface area contributed by atoms with E-state index in [-0.39, 0.29) is 117 Å². The van der Waals surface area contributed by atoms with Crippen LogP contribution in [0.5, 0.6) is 0 Å². The van der Waals surface area contributed by atoms with Gasteiger partial charge in [-0.3, -0.25) is 38.4 Å². The number of Topliss-reactive ketones (excluding diaryl/α,β-unsaturated/α-hetero) is 5. The molecule has 0 aliphatic carbocycles. The quantitative estimate of drug-likeness (QED) is 0.0827. The zero-order valence-corrected chi connectivity index (χ0v) is 29.0. The molecule has 14 heteroatoms. The lowest BCUT2D eigenvalue weighted by atomic mass is 10.00. The first-order valence-electron chi connectivity index (χ1n) is 16.2. The third-order valence-corrected chi connectivity index (χ3v) is 7.16. The summed E-state index contributed by atoms with van der Waals surface area (Å²) in [6.45, 7) is 8.97. The van der Waals surface area contributed by atoms with Crippen LogP contribution in [-0.4, -0.2) is 90.3 Å². The van der Waals surface area contributed by atoms with Crippen LogP contribution in [0, 0.1) is 5.92 Å². The molecule has 4 amide bonds. The average Bonchev–Trinajstić information content (AvgIpc) is 2.88. The summed E-state index contributed by atoms with van der Waals surface area (Å²) in [6, 6.07) is -2.40. The van der Waals surface area contributed by atoms with Gasteiger partial charge in [0.25, 0.3) is 0 Å². The molecular weight excluding hydrogens is 610 g/mol. The Hall–Kier alpha value is -3.81. The monoisotopic (exact) mass is 665 g/mol. The number of carbonyl (C=O) groups excluding carboxylic acids is 9. The Morgan fingerprint density at radius 3 is 1.26 bits per heavy atom. The van der Waals surface area contributed by atoms with E-state index in [9.17, 15) is 43.2 Å². The molecule has 14 nitrogen and oxygen atoms in total. The van der Waals surface area contributed by atoms with Crippen LogP contribution in [0.3, 0.4) is 0 Å². The van der Waals surface area contributed by atoms with Crippen LogP contribution in [0.25, 0.3) is 0 Å². The Bertz CT molecular complexity index is 1120. The van der Waals surface area contributed by atoms with Crippen LogP contribution in [-0.2, 0) is 43.2 Å². The summed E-state index contributed by atoms with van der Waals surface area (Å²) in [5.74, 6) is -2.45. The van der Waals surface area contributed by atoms with Crippen LogP contribution in [0.4, 0.5) is 0 Å². The highest BCUT2D eigenvalue weighted by Gasteiger charge is 2.23. The summed E-state index contributed by atoms with van der Waals surface area (Å²) >= 11 is 0. The Labute approximate surface area is 278 Å². The van der Waals surface area contributed by atoms with Crippen molar-refractivity contribution in [3.8, 4) is 0 Å². The zero-order valence-electron chi connectivity index (χ0n) is 29.0. The lowest BCUT2D eigenvalue weighted by Crippen LogP contribution is -2.45. The lowest BCUT2D eigenvalue weighted by molar-refractivity contribution is -0.128. The molecule has 5 unspecified atom stereocenters. The Balaban J connectivity index is 5.05. The first-order chi connectivity index (χ1) is 21.9. The third kappa shape index (κ3) is 24.1. The lowest BCUT2D eigenvalue weighted by Gasteiger charge is -2.22. The van der Waals surface area contributed by atoms with Crippen LogP contribution in [0.15, 0.2) is 0 Å². The molecule has 0 rings (SSSR count). The molecule has 0 aromatic rings. The molecule has 0 saturated carbocycles. The molecule has 0 aromatic carbocycles. The van der Waals surface area contributed by atoms with Gasteiger partial charge in [0, 0.05) is 88.5 Å². The van der Waals surface area contributed by atoms with Crippen molar-refractivity contribution in [2.45, 2.75) is 136 Å². The van der Waals surface area contributed by atoms with Crippen molar-refractivity contribution in [2.75, 3.05) is 13.6 Å². The van der Waals surface area contributed by atoms with Gasteiger partial charge in [0.15, 0.2) is 0 Å². The van der Waals surface area contributed by atoms with Crippen molar-refractivity contribution in [3.63, 3.8) is 0 Å². The molecule has 5 N–H and O–H groups in total. The van der Waals surface area contributed by atoms with E-state index in [1.54, 1.807) is 14.0 Å². The highest BCUT2D eigenvalue weighted by molar-refractivity contribution is 5.85. The van der Waals surface area contributed by atoms with Crippen molar-refractivity contribution < 1.29 is 43.2 Å². The number of hydrogen-bond acceptors (Lipinski definition) is 10. The van der Waals surface area contributed by atoms with Gasteiger partial charge in [0.1, 0.15) is 28.9 Å². The standard InChI is InChI=1S/C33H55N5O9/c1-20(11-21(2)39)12-31(45)37-28(15-24(5)42)18-30(44)35-10-8-9-26(13-22(3)40)36-33(47)19-29(16-25(6)43)38-32(46)17-27(34-7)14-23(4)41/h20,26-29,34H,8-19H2,1-7H3,(H,35,44)(H,36,47)(H,37,45)(H,38,46).